The van der Waals surface area contributed by atoms with Gasteiger partial charge in [-0.3, -0.25) is 9.59 Å². The highest BCUT2D eigenvalue weighted by Gasteiger charge is 2.18. The zero-order valence-electron chi connectivity index (χ0n) is 16.9. The molecule has 0 atom stereocenters. The molecule has 0 saturated carbocycles. The molecule has 0 unspecified atom stereocenters. The minimum Gasteiger partial charge on any atom is -0.494 e. The van der Waals surface area contributed by atoms with Gasteiger partial charge in [-0.15, -0.1) is 11.3 Å². The minimum absolute atomic E-state index is 0.263. The summed E-state index contributed by atoms with van der Waals surface area (Å²) in [5.41, 5.74) is 2.30. The molecule has 0 aliphatic rings. The van der Waals surface area contributed by atoms with Crippen molar-refractivity contribution in [2.75, 3.05) is 0 Å². The number of rotatable bonds is 4. The first-order valence-electron chi connectivity index (χ1n) is 9.85. The van der Waals surface area contributed by atoms with Crippen molar-refractivity contribution in [3.05, 3.63) is 98.7 Å². The molecule has 3 heterocycles. The van der Waals surface area contributed by atoms with Crippen molar-refractivity contribution in [3.8, 4) is 11.7 Å². The molecule has 5 rings (SSSR count). The lowest BCUT2D eigenvalue weighted by Crippen LogP contribution is -2.21. The van der Waals surface area contributed by atoms with Crippen molar-refractivity contribution in [2.45, 2.75) is 0 Å². The Kier molecular flexibility index (Phi) is 5.37. The van der Waals surface area contributed by atoms with Gasteiger partial charge in [0, 0.05) is 27.1 Å². The molecule has 0 spiro atoms. The highest BCUT2D eigenvalue weighted by molar-refractivity contribution is 7.21. The number of amides is 1. The van der Waals surface area contributed by atoms with Crippen LogP contribution in [-0.2, 0) is 0 Å². The van der Waals surface area contributed by atoms with Crippen molar-refractivity contribution >= 4 is 55.9 Å². The molecule has 5 aromatic rings. The molecule has 1 amide bonds. The number of nitrogens with zero attached hydrogens (tertiary/aromatic N) is 3. The third-order valence-electron chi connectivity index (χ3n) is 5.08. The number of nitrogens with one attached hydrogen (secondary N) is 1. The van der Waals surface area contributed by atoms with Gasteiger partial charge in [0.1, 0.15) is 10.7 Å². The standard InChI is InChI=1S/C24H15ClN4O3S/c25-20-16-9-3-4-10-18(16)33-21(20)22(30)28-27-13-17-14-7-1-2-8-15(14)23(31)29(24(17)32)19-11-5-6-12-26-19/h1-13,32H,(H,28,30)/b27-13+. The van der Waals surface area contributed by atoms with Crippen molar-refractivity contribution in [3.63, 3.8) is 0 Å². The molecule has 33 heavy (non-hydrogen) atoms. The van der Waals surface area contributed by atoms with E-state index in [-0.39, 0.29) is 17.3 Å². The summed E-state index contributed by atoms with van der Waals surface area (Å²) in [6.45, 7) is 0. The van der Waals surface area contributed by atoms with E-state index in [1.165, 1.54) is 23.7 Å². The fourth-order valence-corrected chi connectivity index (χ4v) is 4.96. The first-order valence-corrected chi connectivity index (χ1v) is 11.0. The molecule has 0 saturated heterocycles. The first-order chi connectivity index (χ1) is 16.1. The maximum atomic E-state index is 13.0. The van der Waals surface area contributed by atoms with Crippen LogP contribution in [0.5, 0.6) is 5.88 Å². The molecule has 162 valence electrons. The smallest absolute Gasteiger partial charge is 0.283 e. The minimum atomic E-state index is -0.473. The molecule has 2 N–H and O–H groups in total. The third kappa shape index (κ3) is 3.65. The first kappa shape index (κ1) is 20.9. The second-order valence-corrected chi connectivity index (χ2v) is 8.48. The predicted octanol–water partition coefficient (Wildman–Crippen LogP) is 4.72. The van der Waals surface area contributed by atoms with Crippen LogP contribution in [0, 0.1) is 0 Å². The normalized spacial score (nSPS) is 11.4. The Morgan fingerprint density at radius 1 is 1.03 bits per heavy atom. The van der Waals surface area contributed by atoms with Gasteiger partial charge in [0.2, 0.25) is 5.88 Å². The van der Waals surface area contributed by atoms with Crippen LogP contribution in [0.3, 0.4) is 0 Å². The van der Waals surface area contributed by atoms with Crippen LogP contribution in [0.4, 0.5) is 0 Å². The Balaban J connectivity index is 1.55. The van der Waals surface area contributed by atoms with Crippen LogP contribution in [0.1, 0.15) is 15.2 Å². The summed E-state index contributed by atoms with van der Waals surface area (Å²) in [4.78, 5) is 30.2. The number of hydrazone groups is 1. The number of fused-ring (bicyclic) bond motifs is 2. The lowest BCUT2D eigenvalue weighted by atomic mass is 10.1. The Hall–Kier alpha value is -4.01. The molecule has 9 heteroatoms. The molecule has 3 aromatic heterocycles. The lowest BCUT2D eigenvalue weighted by molar-refractivity contribution is 0.0959. The van der Waals surface area contributed by atoms with E-state index >= 15 is 0 Å². The van der Waals surface area contributed by atoms with E-state index in [1.54, 1.807) is 42.5 Å². The number of benzene rings is 2. The van der Waals surface area contributed by atoms with Crippen LogP contribution in [0.2, 0.25) is 5.02 Å². The number of halogens is 1. The molecular formula is C24H15ClN4O3S. The van der Waals surface area contributed by atoms with Crippen LogP contribution in [-0.4, -0.2) is 26.8 Å². The van der Waals surface area contributed by atoms with Gasteiger partial charge in [-0.25, -0.2) is 15.0 Å². The number of hydrogen-bond donors (Lipinski definition) is 2. The zero-order valence-corrected chi connectivity index (χ0v) is 18.5. The van der Waals surface area contributed by atoms with E-state index in [0.717, 1.165) is 14.7 Å². The van der Waals surface area contributed by atoms with E-state index in [0.29, 0.717) is 20.7 Å². The van der Waals surface area contributed by atoms with Crippen LogP contribution >= 0.6 is 22.9 Å². The Morgan fingerprint density at radius 3 is 2.45 bits per heavy atom. The van der Waals surface area contributed by atoms with Crippen molar-refractivity contribution in [1.29, 1.82) is 0 Å². The molecule has 7 nitrogen and oxygen atoms in total. The van der Waals surface area contributed by atoms with Gasteiger partial charge in [-0.2, -0.15) is 5.10 Å². The second-order valence-electron chi connectivity index (χ2n) is 7.05. The summed E-state index contributed by atoms with van der Waals surface area (Å²) in [5.74, 6) is -0.545. The lowest BCUT2D eigenvalue weighted by Gasteiger charge is -2.12. The number of hydrogen-bond acceptors (Lipinski definition) is 6. The highest BCUT2D eigenvalue weighted by Crippen LogP contribution is 2.35. The monoisotopic (exact) mass is 474 g/mol. The van der Waals surface area contributed by atoms with E-state index in [9.17, 15) is 14.7 Å². The predicted molar refractivity (Wildman–Crippen MR) is 131 cm³/mol. The van der Waals surface area contributed by atoms with Crippen molar-refractivity contribution in [2.24, 2.45) is 5.10 Å². The summed E-state index contributed by atoms with van der Waals surface area (Å²) in [6, 6.07) is 19.3. The topological polar surface area (TPSA) is 96.6 Å². The summed E-state index contributed by atoms with van der Waals surface area (Å²) in [6.07, 6.45) is 2.83. The van der Waals surface area contributed by atoms with Gasteiger partial charge >= 0.3 is 0 Å². The Bertz CT molecular complexity index is 1610. The molecular weight excluding hydrogens is 460 g/mol. The average molecular weight is 475 g/mol. The van der Waals surface area contributed by atoms with Gasteiger partial charge in [-0.1, -0.05) is 54.1 Å². The average Bonchev–Trinajstić information content (AvgIpc) is 3.18. The summed E-state index contributed by atoms with van der Waals surface area (Å²) < 4.78 is 2.00. The SMILES string of the molecule is O=C(N/N=C/c1c(O)n(-c2ccccn2)c(=O)c2ccccc12)c1sc2ccccc2c1Cl. The molecule has 0 bridgehead atoms. The second kappa shape index (κ2) is 8.50. The molecule has 0 aliphatic heterocycles. The molecule has 0 radical (unpaired) electrons. The third-order valence-corrected chi connectivity index (χ3v) is 6.76. The van der Waals surface area contributed by atoms with Gasteiger partial charge in [0.25, 0.3) is 11.5 Å². The van der Waals surface area contributed by atoms with E-state index in [2.05, 4.69) is 15.5 Å². The fourth-order valence-electron chi connectivity index (χ4n) is 3.55. The van der Waals surface area contributed by atoms with Crippen molar-refractivity contribution < 1.29 is 9.90 Å². The summed E-state index contributed by atoms with van der Waals surface area (Å²) >= 11 is 7.63. The Labute approximate surface area is 196 Å². The van der Waals surface area contributed by atoms with Crippen LogP contribution < -0.4 is 11.0 Å². The van der Waals surface area contributed by atoms with Crippen LogP contribution in [0.15, 0.2) is 82.8 Å². The summed E-state index contributed by atoms with van der Waals surface area (Å²) in [5, 5.41) is 17.0. The van der Waals surface area contributed by atoms with Crippen molar-refractivity contribution in [1.82, 2.24) is 15.0 Å². The van der Waals surface area contributed by atoms with E-state index < -0.39 is 11.5 Å². The largest absolute Gasteiger partial charge is 0.494 e. The van der Waals surface area contributed by atoms with Gasteiger partial charge in [0.05, 0.1) is 16.8 Å². The number of aromatic nitrogens is 2. The quantitative estimate of drug-likeness (QED) is 0.291. The molecule has 0 aliphatic carbocycles. The number of aromatic hydroxyl groups is 1. The van der Waals surface area contributed by atoms with E-state index in [1.807, 2.05) is 24.3 Å². The molecule has 2 aromatic carbocycles. The summed E-state index contributed by atoms with van der Waals surface area (Å²) in [7, 11) is 0. The maximum Gasteiger partial charge on any atom is 0.283 e. The number of carbonyl (C=O) groups excluding carboxylic acids is 1. The fraction of sp³-hybridized carbons (Fsp3) is 0. The Morgan fingerprint density at radius 2 is 1.73 bits per heavy atom. The number of pyridine rings is 2. The zero-order chi connectivity index (χ0) is 22.9. The highest BCUT2D eigenvalue weighted by atomic mass is 35.5. The van der Waals surface area contributed by atoms with Gasteiger partial charge in [-0.05, 0) is 24.3 Å². The van der Waals surface area contributed by atoms with Gasteiger partial charge in [0.15, 0.2) is 0 Å². The number of carbonyl (C=O) groups is 1. The maximum absolute atomic E-state index is 13.0. The van der Waals surface area contributed by atoms with Gasteiger partial charge < -0.3 is 5.11 Å². The van der Waals surface area contributed by atoms with E-state index in [4.69, 9.17) is 11.6 Å². The van der Waals surface area contributed by atoms with Crippen LogP contribution in [0.25, 0.3) is 26.7 Å². The number of thiophene rings is 1. The molecule has 0 fully saturated rings.